The molecule has 214 valence electrons. The number of Topliss-reactive ketones (excluding diaryl/α,β-unsaturated/α-hetero) is 1. The Balaban J connectivity index is 1.50. The van der Waals surface area contributed by atoms with Gasteiger partial charge in [0.25, 0.3) is 0 Å². The van der Waals surface area contributed by atoms with Gasteiger partial charge in [-0.15, -0.1) is 0 Å². The maximum atomic E-state index is 13.4. The molecule has 8 heteroatoms. The van der Waals surface area contributed by atoms with E-state index in [9.17, 15) is 19.2 Å². The van der Waals surface area contributed by atoms with Gasteiger partial charge in [0.2, 0.25) is 5.91 Å². The molecule has 1 heterocycles. The molecule has 1 saturated heterocycles. The van der Waals surface area contributed by atoms with Gasteiger partial charge in [-0.1, -0.05) is 62.4 Å². The van der Waals surface area contributed by atoms with E-state index in [2.05, 4.69) is 17.4 Å². The van der Waals surface area contributed by atoms with E-state index in [-0.39, 0.29) is 48.5 Å². The monoisotopic (exact) mass is 549 g/mol. The number of fused-ring (bicyclic) bond motifs is 1. The molecule has 0 aromatic heterocycles. The van der Waals surface area contributed by atoms with E-state index in [4.69, 9.17) is 14.2 Å². The van der Waals surface area contributed by atoms with Gasteiger partial charge in [0, 0.05) is 44.6 Å². The summed E-state index contributed by atoms with van der Waals surface area (Å²) >= 11 is 0. The number of ketones is 1. The van der Waals surface area contributed by atoms with Crippen molar-refractivity contribution in [2.75, 3.05) is 6.61 Å². The summed E-state index contributed by atoms with van der Waals surface area (Å²) in [7, 11) is 0. The number of amides is 1. The second-order valence-corrected chi connectivity index (χ2v) is 11.1. The zero-order valence-electron chi connectivity index (χ0n) is 23.8. The zero-order valence-corrected chi connectivity index (χ0v) is 23.8. The topological polar surface area (TPSA) is 108 Å². The van der Waals surface area contributed by atoms with Crippen LogP contribution in [0.5, 0.6) is 0 Å². The normalized spacial score (nSPS) is 27.7. The van der Waals surface area contributed by atoms with Crippen molar-refractivity contribution in [3.8, 4) is 0 Å². The Labute approximate surface area is 235 Å². The lowest BCUT2D eigenvalue weighted by atomic mass is 9.76. The first-order valence-corrected chi connectivity index (χ1v) is 14.0. The van der Waals surface area contributed by atoms with Crippen LogP contribution < -0.4 is 5.32 Å². The average molecular weight is 550 g/mol. The van der Waals surface area contributed by atoms with Crippen molar-refractivity contribution in [2.45, 2.75) is 84.2 Å². The van der Waals surface area contributed by atoms with Gasteiger partial charge < -0.3 is 19.5 Å². The van der Waals surface area contributed by atoms with Gasteiger partial charge in [-0.3, -0.25) is 19.2 Å². The van der Waals surface area contributed by atoms with Crippen LogP contribution in [0.2, 0.25) is 0 Å². The number of hydrogen-bond acceptors (Lipinski definition) is 7. The number of hydrogen-bond donors (Lipinski definition) is 1. The van der Waals surface area contributed by atoms with Crippen LogP contribution in [-0.2, 0) is 28.6 Å². The molecule has 0 spiro atoms. The van der Waals surface area contributed by atoms with E-state index in [0.717, 1.165) is 24.0 Å². The molecule has 40 heavy (non-hydrogen) atoms. The molecular formula is C32H39NO7. The van der Waals surface area contributed by atoms with E-state index < -0.39 is 30.3 Å². The molecule has 6 unspecified atom stereocenters. The fraction of sp³-hybridized carbons (Fsp3) is 0.500. The molecule has 1 amide bonds. The van der Waals surface area contributed by atoms with Crippen LogP contribution in [0.1, 0.15) is 92.9 Å². The van der Waals surface area contributed by atoms with Crippen molar-refractivity contribution in [3.63, 3.8) is 0 Å². The minimum absolute atomic E-state index is 0.00115. The van der Waals surface area contributed by atoms with Gasteiger partial charge in [0.1, 0.15) is 18.8 Å². The fourth-order valence-corrected chi connectivity index (χ4v) is 6.07. The van der Waals surface area contributed by atoms with E-state index in [1.54, 1.807) is 6.92 Å². The van der Waals surface area contributed by atoms with Gasteiger partial charge in [-0.25, -0.2) is 0 Å². The molecule has 1 N–H and O–H groups in total. The molecular weight excluding hydrogens is 510 g/mol. The molecule has 2 aliphatic rings. The summed E-state index contributed by atoms with van der Waals surface area (Å²) < 4.78 is 17.0. The Morgan fingerprint density at radius 1 is 0.850 bits per heavy atom. The van der Waals surface area contributed by atoms with Gasteiger partial charge in [-0.05, 0) is 35.4 Å². The first-order chi connectivity index (χ1) is 19.0. The second kappa shape index (κ2) is 12.8. The van der Waals surface area contributed by atoms with Crippen LogP contribution in [0.3, 0.4) is 0 Å². The fourth-order valence-electron chi connectivity index (χ4n) is 6.07. The number of rotatable bonds is 8. The maximum absolute atomic E-state index is 13.4. The molecule has 1 fully saturated rings. The van der Waals surface area contributed by atoms with Crippen LogP contribution >= 0.6 is 0 Å². The molecule has 0 radical (unpaired) electrons. The van der Waals surface area contributed by atoms with Crippen LogP contribution in [0, 0.1) is 11.8 Å². The Morgan fingerprint density at radius 3 is 2.15 bits per heavy atom. The highest BCUT2D eigenvalue weighted by Crippen LogP contribution is 2.41. The summed E-state index contributed by atoms with van der Waals surface area (Å²) in [4.78, 5) is 48.3. The Hall–Kier alpha value is -3.52. The standard InChI is InChI=1S/C32H39NO7/c1-18-19(2)32(39-22(5)36)30(40-31(18)17-38-21(4)35)16-29(37)24-12-10-23(11-13-24)25-14-15-28(33-20(3)34)27-9-7-6-8-26(25)27/h6-13,18-19,25,28,30-32H,14-17H2,1-5H3,(H,33,34)/t18?,19?,25?,28-,30?,31?,32?/m1/s1. The van der Waals surface area contributed by atoms with E-state index in [1.807, 2.05) is 50.2 Å². The molecule has 0 bridgehead atoms. The summed E-state index contributed by atoms with van der Waals surface area (Å²) in [6.45, 7) is 8.25. The van der Waals surface area contributed by atoms with Gasteiger partial charge in [0.15, 0.2) is 5.78 Å². The van der Waals surface area contributed by atoms with Crippen LogP contribution in [-0.4, -0.2) is 48.5 Å². The molecule has 7 atom stereocenters. The predicted molar refractivity (Wildman–Crippen MR) is 149 cm³/mol. The first-order valence-electron chi connectivity index (χ1n) is 14.0. The van der Waals surface area contributed by atoms with Crippen molar-refractivity contribution >= 4 is 23.6 Å². The SMILES string of the molecule is CC(=O)N[C@@H]1CCC(c2ccc(C(=O)CC3OC(COC(C)=O)C(C)C(C)C3OC(C)=O)cc2)c2ccccc21. The van der Waals surface area contributed by atoms with Gasteiger partial charge in [-0.2, -0.15) is 0 Å². The Morgan fingerprint density at radius 2 is 1.52 bits per heavy atom. The van der Waals surface area contributed by atoms with E-state index >= 15 is 0 Å². The summed E-state index contributed by atoms with van der Waals surface area (Å²) in [5, 5.41) is 3.06. The molecule has 1 aliphatic carbocycles. The molecule has 0 saturated carbocycles. The van der Waals surface area contributed by atoms with E-state index in [1.165, 1.54) is 19.4 Å². The average Bonchev–Trinajstić information content (AvgIpc) is 2.91. The number of carbonyl (C=O) groups is 4. The lowest BCUT2D eigenvalue weighted by Gasteiger charge is -2.43. The highest BCUT2D eigenvalue weighted by atomic mass is 16.6. The zero-order chi connectivity index (χ0) is 29.0. The highest BCUT2D eigenvalue weighted by molar-refractivity contribution is 5.96. The predicted octanol–water partition coefficient (Wildman–Crippen LogP) is 4.90. The largest absolute Gasteiger partial charge is 0.463 e. The molecule has 2 aromatic rings. The van der Waals surface area contributed by atoms with Gasteiger partial charge in [0.05, 0.1) is 12.1 Å². The van der Waals surface area contributed by atoms with Gasteiger partial charge >= 0.3 is 11.9 Å². The third-order valence-electron chi connectivity index (χ3n) is 8.29. The smallest absolute Gasteiger partial charge is 0.303 e. The number of ether oxygens (including phenoxy) is 3. The van der Waals surface area contributed by atoms with Crippen LogP contribution in [0.25, 0.3) is 0 Å². The number of esters is 2. The summed E-state index contributed by atoms with van der Waals surface area (Å²) in [5.41, 5.74) is 3.98. The molecule has 4 rings (SSSR count). The van der Waals surface area contributed by atoms with Crippen molar-refractivity contribution in [1.29, 1.82) is 0 Å². The minimum atomic E-state index is -0.654. The van der Waals surface area contributed by atoms with Crippen LogP contribution in [0.15, 0.2) is 48.5 Å². The maximum Gasteiger partial charge on any atom is 0.303 e. The second-order valence-electron chi connectivity index (χ2n) is 11.1. The third-order valence-corrected chi connectivity index (χ3v) is 8.29. The minimum Gasteiger partial charge on any atom is -0.463 e. The molecule has 1 aliphatic heterocycles. The van der Waals surface area contributed by atoms with Crippen molar-refractivity contribution in [1.82, 2.24) is 5.32 Å². The van der Waals surface area contributed by atoms with E-state index in [0.29, 0.717) is 5.56 Å². The number of carbonyl (C=O) groups excluding carboxylic acids is 4. The summed E-state index contributed by atoms with van der Waals surface area (Å²) in [6.07, 6.45) is 0.116. The lowest BCUT2D eigenvalue weighted by molar-refractivity contribution is -0.202. The Bertz CT molecular complexity index is 1240. The summed E-state index contributed by atoms with van der Waals surface area (Å²) in [6, 6.07) is 15.9. The number of benzene rings is 2. The lowest BCUT2D eigenvalue weighted by Crippen LogP contribution is -2.53. The highest BCUT2D eigenvalue weighted by Gasteiger charge is 2.44. The molecule has 2 aromatic carbocycles. The van der Waals surface area contributed by atoms with Crippen LogP contribution in [0.4, 0.5) is 0 Å². The molecule has 8 nitrogen and oxygen atoms in total. The summed E-state index contributed by atoms with van der Waals surface area (Å²) in [5.74, 6) is -0.948. The number of nitrogens with one attached hydrogen (secondary N) is 1. The van der Waals surface area contributed by atoms with Crippen molar-refractivity contribution in [2.24, 2.45) is 11.8 Å². The third kappa shape index (κ3) is 6.78. The Kier molecular flexibility index (Phi) is 9.40. The van der Waals surface area contributed by atoms with Crippen molar-refractivity contribution < 1.29 is 33.4 Å². The first kappa shape index (κ1) is 29.5. The van der Waals surface area contributed by atoms with Crippen molar-refractivity contribution in [3.05, 3.63) is 70.8 Å². The quantitative estimate of drug-likeness (QED) is 0.369.